The number of rotatable bonds is 5. The van der Waals surface area contributed by atoms with Crippen LogP contribution in [-0.2, 0) is 17.6 Å². The van der Waals surface area contributed by atoms with E-state index in [0.29, 0.717) is 10.2 Å². The zero-order chi connectivity index (χ0) is 21.3. The van der Waals surface area contributed by atoms with Crippen LogP contribution in [0.3, 0.4) is 0 Å². The fraction of sp³-hybridized carbons (Fsp3) is 0.318. The highest BCUT2D eigenvalue weighted by Crippen LogP contribution is 2.38. The van der Waals surface area contributed by atoms with Crippen LogP contribution in [0.4, 0.5) is 5.69 Å². The summed E-state index contributed by atoms with van der Waals surface area (Å²) in [5, 5.41) is 12.5. The molecule has 30 heavy (non-hydrogen) atoms. The van der Waals surface area contributed by atoms with E-state index in [2.05, 4.69) is 52.1 Å². The molecule has 1 aromatic heterocycles. The van der Waals surface area contributed by atoms with Crippen LogP contribution in [0.2, 0.25) is 5.02 Å². The normalized spacial score (nSPS) is 17.9. The summed E-state index contributed by atoms with van der Waals surface area (Å²) in [6, 6.07) is 13.7. The summed E-state index contributed by atoms with van der Waals surface area (Å²) in [6.45, 7) is 6.06. The van der Waals surface area contributed by atoms with Crippen molar-refractivity contribution in [1.82, 2.24) is 14.9 Å². The van der Waals surface area contributed by atoms with E-state index in [1.54, 1.807) is 0 Å². The number of fused-ring (bicyclic) bond motifs is 1. The fourth-order valence-electron chi connectivity index (χ4n) is 3.49. The Bertz CT molecular complexity index is 1070. The van der Waals surface area contributed by atoms with Crippen LogP contribution in [0.1, 0.15) is 42.4 Å². The number of hydrogen-bond donors (Lipinski definition) is 2. The first-order valence-electron chi connectivity index (χ1n) is 10.0. The first-order chi connectivity index (χ1) is 14.5. The highest BCUT2D eigenvalue weighted by molar-refractivity contribution is 8.00. The number of carbonyl (C=O) groups excluding carboxylic acids is 1. The summed E-state index contributed by atoms with van der Waals surface area (Å²) in [5.74, 6) is 0.743. The maximum Gasteiger partial charge on any atom is 0.240 e. The molecule has 1 amide bonds. The van der Waals surface area contributed by atoms with E-state index >= 15 is 0 Å². The van der Waals surface area contributed by atoms with E-state index in [4.69, 9.17) is 11.6 Å². The summed E-state index contributed by atoms with van der Waals surface area (Å²) in [7, 11) is 0. The zero-order valence-corrected chi connectivity index (χ0v) is 18.7. The molecule has 0 saturated heterocycles. The molecule has 2 heterocycles. The molecule has 0 fully saturated rings. The molecule has 3 aromatic rings. The van der Waals surface area contributed by atoms with Gasteiger partial charge in [-0.15, -0.1) is 10.2 Å². The molecule has 8 heteroatoms. The minimum absolute atomic E-state index is 0.102. The van der Waals surface area contributed by atoms with Crippen molar-refractivity contribution in [2.75, 3.05) is 10.7 Å². The van der Waals surface area contributed by atoms with Gasteiger partial charge in [0.05, 0.1) is 6.04 Å². The number of amides is 1. The van der Waals surface area contributed by atoms with Gasteiger partial charge in [0.15, 0.2) is 5.82 Å². The van der Waals surface area contributed by atoms with Crippen LogP contribution in [0.5, 0.6) is 0 Å². The molecule has 0 saturated carbocycles. The molecule has 6 nitrogen and oxygen atoms in total. The molecule has 2 N–H and O–H groups in total. The predicted octanol–water partition coefficient (Wildman–Crippen LogP) is 4.76. The Morgan fingerprint density at radius 1 is 1.17 bits per heavy atom. The first kappa shape index (κ1) is 20.8. The molecular formula is C22H24ClN5OS. The van der Waals surface area contributed by atoms with Crippen molar-refractivity contribution in [2.45, 2.75) is 50.1 Å². The zero-order valence-electron chi connectivity index (χ0n) is 17.1. The highest BCUT2D eigenvalue weighted by atomic mass is 35.5. The minimum Gasteiger partial charge on any atom is -0.325 e. The highest BCUT2D eigenvalue weighted by Gasteiger charge is 2.37. The van der Waals surface area contributed by atoms with Gasteiger partial charge in [0.2, 0.25) is 11.1 Å². The van der Waals surface area contributed by atoms with Crippen LogP contribution in [0, 0.1) is 6.92 Å². The van der Waals surface area contributed by atoms with Crippen LogP contribution in [0.25, 0.3) is 0 Å². The molecular weight excluding hydrogens is 418 g/mol. The van der Waals surface area contributed by atoms with Gasteiger partial charge in [0.25, 0.3) is 0 Å². The number of thioether (sulfide) groups is 1. The van der Waals surface area contributed by atoms with Crippen molar-refractivity contribution in [2.24, 2.45) is 0 Å². The smallest absolute Gasteiger partial charge is 0.240 e. The number of nitrogens with one attached hydrogen (secondary N) is 2. The summed E-state index contributed by atoms with van der Waals surface area (Å²) in [4.78, 5) is 13.4. The second-order valence-electron chi connectivity index (χ2n) is 7.23. The molecule has 1 aliphatic heterocycles. The number of benzene rings is 2. The quantitative estimate of drug-likeness (QED) is 0.597. The monoisotopic (exact) mass is 441 g/mol. The summed E-state index contributed by atoms with van der Waals surface area (Å²) >= 11 is 7.66. The van der Waals surface area contributed by atoms with Crippen molar-refractivity contribution >= 4 is 35.0 Å². The lowest BCUT2D eigenvalue weighted by atomic mass is 10.0. The minimum atomic E-state index is -0.419. The molecule has 0 spiro atoms. The Morgan fingerprint density at radius 2 is 1.93 bits per heavy atom. The van der Waals surface area contributed by atoms with Crippen LogP contribution in [-0.4, -0.2) is 26.0 Å². The Morgan fingerprint density at radius 3 is 2.63 bits per heavy atom. The number of aryl methyl sites for hydroxylation is 2. The molecule has 1 aliphatic rings. The number of carbonyl (C=O) groups is 1. The Hall–Kier alpha value is -2.51. The van der Waals surface area contributed by atoms with Gasteiger partial charge in [-0.3, -0.25) is 4.79 Å². The number of anilines is 1. The molecule has 4 rings (SSSR count). The van der Waals surface area contributed by atoms with Gasteiger partial charge in [0.1, 0.15) is 5.25 Å². The Labute approximate surface area is 185 Å². The maximum absolute atomic E-state index is 13.4. The largest absolute Gasteiger partial charge is 0.325 e. The SMILES string of the molecule is CCc1ccc([C@H]2Nn3c(CC)nnc3S[C@H]2C(=O)Nc2cccc(Cl)c2C)cc1. The van der Waals surface area contributed by atoms with Crippen molar-refractivity contribution < 1.29 is 4.79 Å². The van der Waals surface area contributed by atoms with E-state index in [9.17, 15) is 4.79 Å². The second kappa shape index (κ2) is 8.70. The van der Waals surface area contributed by atoms with Crippen molar-refractivity contribution in [3.05, 3.63) is 70.0 Å². The Kier molecular flexibility index (Phi) is 6.01. The van der Waals surface area contributed by atoms with Gasteiger partial charge >= 0.3 is 0 Å². The Balaban J connectivity index is 1.68. The second-order valence-corrected chi connectivity index (χ2v) is 8.75. The molecule has 2 atom stereocenters. The maximum atomic E-state index is 13.4. The van der Waals surface area contributed by atoms with Crippen molar-refractivity contribution in [1.29, 1.82) is 0 Å². The van der Waals surface area contributed by atoms with Gasteiger partial charge in [-0.05, 0) is 42.2 Å². The lowest BCUT2D eigenvalue weighted by molar-refractivity contribution is -0.116. The third-order valence-electron chi connectivity index (χ3n) is 5.35. The van der Waals surface area contributed by atoms with Crippen molar-refractivity contribution in [3.63, 3.8) is 0 Å². The molecule has 2 aromatic carbocycles. The third-order valence-corrected chi connectivity index (χ3v) is 6.98. The van der Waals surface area contributed by atoms with Gasteiger partial charge in [-0.25, -0.2) is 4.68 Å². The van der Waals surface area contributed by atoms with Crippen LogP contribution >= 0.6 is 23.4 Å². The summed E-state index contributed by atoms with van der Waals surface area (Å²) in [5.41, 5.74) is 7.35. The fourth-order valence-corrected chi connectivity index (χ4v) is 4.76. The predicted molar refractivity (Wildman–Crippen MR) is 122 cm³/mol. The van der Waals surface area contributed by atoms with Crippen LogP contribution in [0.15, 0.2) is 47.6 Å². The van der Waals surface area contributed by atoms with E-state index in [1.807, 2.05) is 36.7 Å². The van der Waals surface area contributed by atoms with E-state index in [0.717, 1.165) is 35.5 Å². The lowest BCUT2D eigenvalue weighted by Crippen LogP contribution is -2.41. The van der Waals surface area contributed by atoms with E-state index in [-0.39, 0.29) is 11.9 Å². The standard InChI is InChI=1S/C22H24ClN5OS/c1-4-14-9-11-15(12-10-14)19-20(30-22-26-25-18(5-2)28(22)27-19)21(29)24-17-8-6-7-16(23)13(17)3/h6-12,19-20,27H,4-5H2,1-3H3,(H,24,29)/t19-,20-/m1/s1. The van der Waals surface area contributed by atoms with Gasteiger partial charge in [-0.1, -0.05) is 67.5 Å². The van der Waals surface area contributed by atoms with Gasteiger partial charge < -0.3 is 10.7 Å². The number of hydrogen-bond acceptors (Lipinski definition) is 5. The van der Waals surface area contributed by atoms with Crippen LogP contribution < -0.4 is 10.7 Å². The number of halogens is 1. The summed E-state index contributed by atoms with van der Waals surface area (Å²) < 4.78 is 1.90. The molecule has 156 valence electrons. The average Bonchev–Trinajstić information content (AvgIpc) is 3.18. The van der Waals surface area contributed by atoms with E-state index in [1.165, 1.54) is 17.3 Å². The molecule has 0 unspecified atom stereocenters. The van der Waals surface area contributed by atoms with E-state index < -0.39 is 5.25 Å². The summed E-state index contributed by atoms with van der Waals surface area (Å²) in [6.07, 6.45) is 1.72. The third kappa shape index (κ3) is 3.91. The molecule has 0 radical (unpaired) electrons. The van der Waals surface area contributed by atoms with Gasteiger partial charge in [0, 0.05) is 17.1 Å². The topological polar surface area (TPSA) is 71.8 Å². The van der Waals surface area contributed by atoms with Crippen molar-refractivity contribution in [3.8, 4) is 0 Å². The van der Waals surface area contributed by atoms with Gasteiger partial charge in [-0.2, -0.15) is 0 Å². The molecule has 0 aliphatic carbocycles. The average molecular weight is 442 g/mol. The lowest BCUT2D eigenvalue weighted by Gasteiger charge is -2.33. The number of nitrogens with zero attached hydrogens (tertiary/aromatic N) is 3. The first-order valence-corrected chi connectivity index (χ1v) is 11.3. The molecule has 0 bridgehead atoms. The number of aromatic nitrogens is 3.